The van der Waals surface area contributed by atoms with Crippen molar-refractivity contribution in [1.82, 2.24) is 46.2 Å². The van der Waals surface area contributed by atoms with Crippen molar-refractivity contribution in [2.75, 3.05) is 54.5 Å². The highest BCUT2D eigenvalue weighted by atomic mass is 16.5. The smallest absolute Gasteiger partial charge is 0.326 e. The Kier molecular flexibility index (Phi) is 32.0. The Morgan fingerprint density at radius 2 is 1.36 bits per heavy atom. The number of carbonyl (C=O) groups is 11. The largest absolute Gasteiger partial charge is 0.481 e. The lowest BCUT2D eigenvalue weighted by molar-refractivity contribution is -0.146. The third-order valence-electron chi connectivity index (χ3n) is 16.9. The lowest BCUT2D eigenvalue weighted by atomic mass is 9.84. The third kappa shape index (κ3) is 24.3. The number of nitrogens with zero attached hydrogens (tertiary/aromatic N) is 4. The highest BCUT2D eigenvalue weighted by molar-refractivity contribution is 6.13. The Labute approximate surface area is 532 Å². The second-order valence-corrected chi connectivity index (χ2v) is 26.1. The molecule has 0 bridgehead atoms. The first-order valence-electron chi connectivity index (χ1n) is 31.8. The summed E-state index contributed by atoms with van der Waals surface area (Å²) in [6.07, 6.45) is 2.81. The topological polar surface area (TPSA) is 320 Å². The number of carbonyl (C=O) groups excluding carboxylic acids is 9. The van der Waals surface area contributed by atoms with E-state index in [0.29, 0.717) is 49.4 Å². The predicted molar refractivity (Wildman–Crippen MR) is 340 cm³/mol. The first kappa shape index (κ1) is 77.2. The summed E-state index contributed by atoms with van der Waals surface area (Å²) >= 11 is 0. The van der Waals surface area contributed by atoms with Gasteiger partial charge >= 0.3 is 11.9 Å². The molecule has 504 valence electrons. The van der Waals surface area contributed by atoms with Crippen LogP contribution in [0.3, 0.4) is 0 Å². The molecule has 0 saturated carbocycles. The van der Waals surface area contributed by atoms with Gasteiger partial charge in [-0.1, -0.05) is 112 Å². The number of hydrogen-bond donors (Lipinski definition) is 7. The maximum absolute atomic E-state index is 14.7. The van der Waals surface area contributed by atoms with Crippen molar-refractivity contribution >= 4 is 65.1 Å². The molecule has 90 heavy (non-hydrogen) atoms. The Balaban J connectivity index is 1.79. The first-order valence-corrected chi connectivity index (χ1v) is 31.8. The van der Waals surface area contributed by atoms with Crippen LogP contribution in [0.15, 0.2) is 54.6 Å². The lowest BCUT2D eigenvalue weighted by Crippen LogP contribution is -2.59. The van der Waals surface area contributed by atoms with Crippen LogP contribution in [0, 0.1) is 29.1 Å². The number of amides is 9. The van der Waals surface area contributed by atoms with Crippen LogP contribution < -0.4 is 26.6 Å². The van der Waals surface area contributed by atoms with E-state index >= 15 is 0 Å². The number of unbranched alkanes of at least 4 members (excludes halogenated alkanes) is 1. The van der Waals surface area contributed by atoms with Crippen LogP contribution in [0.5, 0.6) is 0 Å². The number of carboxylic acid groups (broad SMARTS) is 2. The summed E-state index contributed by atoms with van der Waals surface area (Å²) in [6, 6.07) is 1.46. The van der Waals surface area contributed by atoms with Gasteiger partial charge in [-0.2, -0.15) is 0 Å². The molecule has 9 amide bonds. The number of hydrogen-bond acceptors (Lipinski definition) is 14. The molecule has 0 aliphatic carbocycles. The molecule has 3 rings (SSSR count). The van der Waals surface area contributed by atoms with Gasteiger partial charge in [0.1, 0.15) is 24.2 Å². The molecular weight excluding hydrogens is 1160 g/mol. The van der Waals surface area contributed by atoms with Gasteiger partial charge in [0.05, 0.1) is 42.7 Å². The van der Waals surface area contributed by atoms with Crippen molar-refractivity contribution in [2.24, 2.45) is 29.1 Å². The summed E-state index contributed by atoms with van der Waals surface area (Å²) in [5, 5.41) is 33.2. The van der Waals surface area contributed by atoms with Crippen molar-refractivity contribution in [3.05, 3.63) is 60.2 Å². The molecule has 24 heteroatoms. The van der Waals surface area contributed by atoms with Crippen molar-refractivity contribution in [3.8, 4) is 0 Å². The van der Waals surface area contributed by atoms with E-state index in [2.05, 4.69) is 65.8 Å². The van der Waals surface area contributed by atoms with E-state index in [1.165, 1.54) is 19.1 Å². The molecule has 2 aliphatic rings. The zero-order valence-electron chi connectivity index (χ0n) is 55.8. The molecule has 11 atom stereocenters. The van der Waals surface area contributed by atoms with E-state index in [0.717, 1.165) is 29.9 Å². The maximum atomic E-state index is 14.7. The van der Waals surface area contributed by atoms with Gasteiger partial charge in [0.15, 0.2) is 0 Å². The summed E-state index contributed by atoms with van der Waals surface area (Å²) in [7, 11) is 6.46. The molecule has 7 N–H and O–H groups in total. The highest BCUT2D eigenvalue weighted by Crippen LogP contribution is 2.31. The molecule has 0 aromatic heterocycles. The molecule has 0 spiro atoms. The summed E-state index contributed by atoms with van der Waals surface area (Å²) in [5.74, 6) is -8.52. The summed E-state index contributed by atoms with van der Waals surface area (Å²) in [6.45, 7) is 25.5. The van der Waals surface area contributed by atoms with Gasteiger partial charge in [0.2, 0.25) is 41.4 Å². The average molecular weight is 1260 g/mol. The molecule has 1 aromatic carbocycles. The minimum absolute atomic E-state index is 0.0535. The number of imide groups is 1. The second kappa shape index (κ2) is 37.3. The minimum Gasteiger partial charge on any atom is -0.481 e. The summed E-state index contributed by atoms with van der Waals surface area (Å²) in [4.78, 5) is 153. The van der Waals surface area contributed by atoms with Crippen LogP contribution in [0.25, 0.3) is 0 Å². The molecule has 1 saturated heterocycles. The molecule has 24 nitrogen and oxygen atoms in total. The van der Waals surface area contributed by atoms with Crippen molar-refractivity contribution in [3.63, 3.8) is 0 Å². The molecule has 0 radical (unpaired) electrons. The van der Waals surface area contributed by atoms with Gasteiger partial charge in [0.25, 0.3) is 11.8 Å². The summed E-state index contributed by atoms with van der Waals surface area (Å²) in [5.41, 5.74) is 1.43. The summed E-state index contributed by atoms with van der Waals surface area (Å²) < 4.78 is 12.1. The zero-order valence-corrected chi connectivity index (χ0v) is 55.8. The van der Waals surface area contributed by atoms with Crippen LogP contribution >= 0.6 is 0 Å². The minimum atomic E-state index is -1.56. The van der Waals surface area contributed by atoms with E-state index in [1.807, 2.05) is 41.7 Å². The second-order valence-electron chi connectivity index (χ2n) is 26.1. The number of methoxy groups -OCH3 is 2. The number of likely N-dealkylation sites (N-methyl/N-ethyl adjacent to an activating group) is 2. The van der Waals surface area contributed by atoms with Gasteiger partial charge < -0.3 is 56.1 Å². The normalized spacial score (nSPS) is 17.6. The molecule has 1 aromatic rings. The SMILES string of the molecule is C=C(CC)[C@@H]([C@@H](CC(=O)N1CCC[C@H]1[C@H](OC)[C@@H](C)C(=O)N[C@@H](Cc1ccccc1)C(=O)N[C@@H](CCC(=O)O)C(=O)N[C@@H](CCCCNC(=O)CCN1C(=O)C=CC1=O)C(=O)O)OC)N(C)C(=O)[C@@H](NC(=O)[C@H](C(C)C)N(C)CCC(C)CC(C)(C)C)C(C)C. The highest BCUT2D eigenvalue weighted by Gasteiger charge is 2.44. The molecule has 2 aliphatic heterocycles. The number of likely N-dealkylation sites (tertiary alicyclic amines) is 1. The van der Waals surface area contributed by atoms with Gasteiger partial charge in [0, 0.05) is 72.3 Å². The van der Waals surface area contributed by atoms with E-state index in [9.17, 15) is 63.0 Å². The fraction of sp³-hybridized carbons (Fsp3) is 0.682. The van der Waals surface area contributed by atoms with Crippen LogP contribution in [0.1, 0.15) is 152 Å². The number of nitrogens with one attached hydrogen (secondary N) is 5. The van der Waals surface area contributed by atoms with Crippen LogP contribution in [-0.4, -0.2) is 204 Å². The lowest BCUT2D eigenvalue weighted by Gasteiger charge is -2.39. The third-order valence-corrected chi connectivity index (χ3v) is 16.9. The van der Waals surface area contributed by atoms with Crippen LogP contribution in [-0.2, 0) is 68.6 Å². The molecular formula is C66H105N9O15. The van der Waals surface area contributed by atoms with Crippen molar-refractivity contribution in [2.45, 2.75) is 207 Å². The van der Waals surface area contributed by atoms with Crippen LogP contribution in [0.2, 0.25) is 0 Å². The molecule has 1 fully saturated rings. The van der Waals surface area contributed by atoms with E-state index in [1.54, 1.807) is 49.2 Å². The van der Waals surface area contributed by atoms with Gasteiger partial charge in [-0.3, -0.25) is 57.7 Å². The maximum Gasteiger partial charge on any atom is 0.326 e. The molecule has 2 heterocycles. The van der Waals surface area contributed by atoms with Gasteiger partial charge in [-0.05, 0) is 100 Å². The molecule has 1 unspecified atom stereocenters. The number of benzene rings is 1. The van der Waals surface area contributed by atoms with Crippen LogP contribution in [0.4, 0.5) is 0 Å². The number of carboxylic acids is 2. The van der Waals surface area contributed by atoms with E-state index in [4.69, 9.17) is 9.47 Å². The first-order chi connectivity index (χ1) is 42.3. The average Bonchev–Trinajstić information content (AvgIpc) is 1.70. The zero-order chi connectivity index (χ0) is 67.7. The number of rotatable bonds is 40. The van der Waals surface area contributed by atoms with E-state index in [-0.39, 0.29) is 86.6 Å². The Bertz CT molecular complexity index is 2630. The van der Waals surface area contributed by atoms with Crippen molar-refractivity contribution in [1.29, 1.82) is 0 Å². The number of ether oxygens (including phenoxy) is 2. The monoisotopic (exact) mass is 1260 g/mol. The number of aliphatic carboxylic acids is 2. The standard InChI is InChI=1S/C66H105N9O15/c1-16-43(7)58(73(13)64(86)56(40(2)3)71-63(85)57(41(4)5)72(12)35-31-42(6)39-66(9,10)11)50(89-14)38-54(79)74-34-22-26-49(74)59(90-15)44(8)60(82)70-48(37-45-23-18-17-19-24-45)62(84)68-46(27-30-55(80)81)61(83)69-47(65(87)88)25-20-21-33-67-51(76)32-36-75-52(77)28-29-53(75)78/h17-19,23-24,28-29,40-42,44,46-50,56-59H,7,16,20-22,25-27,30-39H2,1-6,8-15H3,(H,67,76)(H,68,84)(H,69,83)(H,70,82)(H,71,85)(H,80,81)(H,87,88)/t42?,44-,46+,47+,48+,49+,50-,56+,57+,58+,59-/m1/s1. The fourth-order valence-electron chi connectivity index (χ4n) is 12.1. The van der Waals surface area contributed by atoms with Gasteiger partial charge in [-0.25, -0.2) is 4.79 Å². The van der Waals surface area contributed by atoms with Gasteiger partial charge in [-0.15, -0.1) is 0 Å². The predicted octanol–water partition coefficient (Wildman–Crippen LogP) is 4.63. The Morgan fingerprint density at radius 3 is 1.91 bits per heavy atom. The Hall–Kier alpha value is -7.05. The quantitative estimate of drug-likeness (QED) is 0.0268. The van der Waals surface area contributed by atoms with E-state index < -0.39 is 121 Å². The fourth-order valence-corrected chi connectivity index (χ4v) is 12.1. The van der Waals surface area contributed by atoms with Crippen molar-refractivity contribution < 1.29 is 72.4 Å². The Morgan fingerprint density at radius 1 is 0.744 bits per heavy atom.